The first-order chi connectivity index (χ1) is 7.58. The van der Waals surface area contributed by atoms with Gasteiger partial charge in [0.2, 0.25) is 6.10 Å². The van der Waals surface area contributed by atoms with Crippen LogP contribution in [0.5, 0.6) is 0 Å². The Kier molecular flexibility index (Phi) is 3.68. The second-order valence-corrected chi connectivity index (χ2v) is 3.00. The highest BCUT2D eigenvalue weighted by Gasteiger charge is 2.39. The van der Waals surface area contributed by atoms with Gasteiger partial charge >= 0.3 is 0 Å². The van der Waals surface area contributed by atoms with Crippen LogP contribution in [0.2, 0.25) is 0 Å². The minimum Gasteiger partial charge on any atom is -0.373 e. The monoisotopic (exact) mass is 222 g/mol. The van der Waals surface area contributed by atoms with E-state index in [1.807, 2.05) is 0 Å². The Labute approximate surface area is 91.7 Å². The summed E-state index contributed by atoms with van der Waals surface area (Å²) in [6.45, 7) is 0. The third kappa shape index (κ3) is 2.06. The molecule has 2 unspecified atom stereocenters. The number of nitriles is 1. The minimum atomic E-state index is -2.24. The number of aldehydes is 1. The molecule has 0 saturated carbocycles. The summed E-state index contributed by atoms with van der Waals surface area (Å²) in [5, 5.41) is 27.8. The fourth-order valence-electron chi connectivity index (χ4n) is 1.16. The van der Waals surface area contributed by atoms with E-state index in [2.05, 4.69) is 9.72 Å². The van der Waals surface area contributed by atoms with Crippen molar-refractivity contribution in [1.29, 1.82) is 5.26 Å². The number of carbonyl (C=O) groups is 1. The maximum absolute atomic E-state index is 10.5. The molecule has 0 radical (unpaired) electrons. The number of aliphatic hydroxyl groups excluding tert-OH is 1. The van der Waals surface area contributed by atoms with Gasteiger partial charge in [0.1, 0.15) is 17.5 Å². The molecule has 1 aromatic rings. The van der Waals surface area contributed by atoms with Crippen molar-refractivity contribution in [2.24, 2.45) is 0 Å². The minimum absolute atomic E-state index is 0.0677. The van der Waals surface area contributed by atoms with Gasteiger partial charge in [-0.15, -0.1) is 0 Å². The lowest BCUT2D eigenvalue weighted by Crippen LogP contribution is -2.41. The highest BCUT2D eigenvalue weighted by molar-refractivity contribution is 5.71. The number of pyridine rings is 1. The molecule has 6 heteroatoms. The molecule has 1 rings (SSSR count). The Morgan fingerprint density at radius 1 is 1.69 bits per heavy atom. The van der Waals surface area contributed by atoms with E-state index in [9.17, 15) is 15.0 Å². The van der Waals surface area contributed by atoms with E-state index >= 15 is 0 Å². The number of aromatic nitrogens is 1. The number of hydrogen-bond acceptors (Lipinski definition) is 6. The van der Waals surface area contributed by atoms with Crippen LogP contribution in [-0.4, -0.2) is 34.7 Å². The van der Waals surface area contributed by atoms with Crippen molar-refractivity contribution in [2.45, 2.75) is 11.9 Å². The fraction of sp³-hybridized carbons (Fsp3) is 0.300. The maximum atomic E-state index is 10.5. The molecule has 1 aromatic heterocycles. The number of carbonyl (C=O) groups excluding carboxylic acids is 1. The average Bonchev–Trinajstić information content (AvgIpc) is 2.36. The third-order valence-electron chi connectivity index (χ3n) is 2.06. The van der Waals surface area contributed by atoms with E-state index in [1.165, 1.54) is 24.3 Å². The predicted molar refractivity (Wildman–Crippen MR) is 52.2 cm³/mol. The van der Waals surface area contributed by atoms with Crippen LogP contribution in [-0.2, 0) is 10.5 Å². The zero-order valence-corrected chi connectivity index (χ0v) is 8.49. The summed E-state index contributed by atoms with van der Waals surface area (Å²) in [6.07, 6.45) is -1.31. The van der Waals surface area contributed by atoms with Crippen LogP contribution in [0.1, 0.15) is 16.2 Å². The summed E-state index contributed by atoms with van der Waals surface area (Å²) in [5.74, 6) is -2.24. The highest BCUT2D eigenvalue weighted by Crippen LogP contribution is 2.24. The molecule has 0 aliphatic carbocycles. The molecule has 2 N–H and O–H groups in total. The number of rotatable bonds is 4. The Balaban J connectivity index is 3.22. The zero-order chi connectivity index (χ0) is 12.2. The standard InChI is InChI=1S/C10H10N2O4/c1-16-10(15,9(14)5-11)8-4-2-3-7(6-13)12-8/h2-4,6,9,14-15H,1H3. The second kappa shape index (κ2) is 4.81. The Morgan fingerprint density at radius 2 is 2.38 bits per heavy atom. The first kappa shape index (κ1) is 12.3. The summed E-state index contributed by atoms with van der Waals surface area (Å²) in [7, 11) is 1.12. The Hall–Kier alpha value is -1.81. The molecule has 0 saturated heterocycles. The van der Waals surface area contributed by atoms with Crippen LogP contribution in [0.15, 0.2) is 18.2 Å². The van der Waals surface area contributed by atoms with E-state index in [-0.39, 0.29) is 11.4 Å². The first-order valence-corrected chi connectivity index (χ1v) is 4.36. The predicted octanol–water partition coefficient (Wildman–Crippen LogP) is -0.430. The zero-order valence-electron chi connectivity index (χ0n) is 8.49. The average molecular weight is 222 g/mol. The quantitative estimate of drug-likeness (QED) is 0.407. The molecule has 1 heterocycles. The lowest BCUT2D eigenvalue weighted by Gasteiger charge is -2.26. The van der Waals surface area contributed by atoms with E-state index in [4.69, 9.17) is 5.26 Å². The number of ether oxygens (including phenoxy) is 1. The molecule has 2 atom stereocenters. The Bertz CT molecular complexity index is 429. The topological polar surface area (TPSA) is 103 Å². The van der Waals surface area contributed by atoms with Crippen LogP contribution in [0, 0.1) is 11.3 Å². The van der Waals surface area contributed by atoms with Crippen molar-refractivity contribution >= 4 is 6.29 Å². The molecular weight excluding hydrogens is 212 g/mol. The van der Waals surface area contributed by atoms with Gasteiger partial charge in [0.05, 0.1) is 0 Å². The number of methoxy groups -OCH3 is 1. The van der Waals surface area contributed by atoms with E-state index in [1.54, 1.807) is 0 Å². The SMILES string of the molecule is COC(O)(c1cccc(C=O)n1)C(O)C#N. The van der Waals surface area contributed by atoms with Crippen LogP contribution in [0.3, 0.4) is 0 Å². The summed E-state index contributed by atoms with van der Waals surface area (Å²) < 4.78 is 4.68. The summed E-state index contributed by atoms with van der Waals surface area (Å²) in [5.41, 5.74) is -0.0354. The maximum Gasteiger partial charge on any atom is 0.250 e. The highest BCUT2D eigenvalue weighted by atomic mass is 16.6. The van der Waals surface area contributed by atoms with E-state index in [0.717, 1.165) is 7.11 Å². The van der Waals surface area contributed by atoms with E-state index < -0.39 is 11.9 Å². The Morgan fingerprint density at radius 3 is 2.88 bits per heavy atom. The summed E-state index contributed by atoms with van der Waals surface area (Å²) in [4.78, 5) is 14.2. The van der Waals surface area contributed by atoms with Crippen LogP contribution in [0.25, 0.3) is 0 Å². The first-order valence-electron chi connectivity index (χ1n) is 4.36. The second-order valence-electron chi connectivity index (χ2n) is 3.00. The van der Waals surface area contributed by atoms with E-state index in [0.29, 0.717) is 6.29 Å². The van der Waals surface area contributed by atoms with Gasteiger partial charge in [0.25, 0.3) is 5.79 Å². The van der Waals surface area contributed by atoms with Crippen molar-refractivity contribution in [1.82, 2.24) is 4.98 Å². The third-order valence-corrected chi connectivity index (χ3v) is 2.06. The van der Waals surface area contributed by atoms with Crippen molar-refractivity contribution in [3.63, 3.8) is 0 Å². The van der Waals surface area contributed by atoms with Crippen molar-refractivity contribution in [3.05, 3.63) is 29.6 Å². The van der Waals surface area contributed by atoms with Gasteiger partial charge in [0, 0.05) is 7.11 Å². The summed E-state index contributed by atoms with van der Waals surface area (Å²) >= 11 is 0. The molecule has 0 fully saturated rings. The number of nitrogens with zero attached hydrogens (tertiary/aromatic N) is 2. The number of aliphatic hydroxyl groups is 2. The molecule has 0 spiro atoms. The largest absolute Gasteiger partial charge is 0.373 e. The van der Waals surface area contributed by atoms with Crippen molar-refractivity contribution in [3.8, 4) is 6.07 Å². The molecule has 0 aliphatic heterocycles. The van der Waals surface area contributed by atoms with Gasteiger partial charge in [0.15, 0.2) is 6.29 Å². The number of hydrogen-bond donors (Lipinski definition) is 2. The molecule has 16 heavy (non-hydrogen) atoms. The van der Waals surface area contributed by atoms with Gasteiger partial charge in [-0.3, -0.25) is 4.79 Å². The van der Waals surface area contributed by atoms with Crippen molar-refractivity contribution in [2.75, 3.05) is 7.11 Å². The summed E-state index contributed by atoms with van der Waals surface area (Å²) in [6, 6.07) is 5.67. The van der Waals surface area contributed by atoms with Gasteiger partial charge in [-0.2, -0.15) is 5.26 Å². The molecular formula is C10H10N2O4. The normalized spacial score (nSPS) is 15.9. The molecule has 0 aliphatic rings. The molecule has 84 valence electrons. The van der Waals surface area contributed by atoms with Crippen molar-refractivity contribution < 1.29 is 19.7 Å². The smallest absolute Gasteiger partial charge is 0.250 e. The van der Waals surface area contributed by atoms with Gasteiger partial charge in [-0.05, 0) is 12.1 Å². The van der Waals surface area contributed by atoms with Crippen LogP contribution in [0.4, 0.5) is 0 Å². The molecule has 0 bridgehead atoms. The molecule has 0 aromatic carbocycles. The lowest BCUT2D eigenvalue weighted by atomic mass is 10.1. The van der Waals surface area contributed by atoms with Crippen LogP contribution < -0.4 is 0 Å². The van der Waals surface area contributed by atoms with Gasteiger partial charge < -0.3 is 14.9 Å². The lowest BCUT2D eigenvalue weighted by molar-refractivity contribution is -0.240. The fourth-order valence-corrected chi connectivity index (χ4v) is 1.16. The van der Waals surface area contributed by atoms with Crippen LogP contribution >= 0.6 is 0 Å². The molecule has 0 amide bonds. The van der Waals surface area contributed by atoms with Gasteiger partial charge in [-0.1, -0.05) is 6.07 Å². The van der Waals surface area contributed by atoms with Gasteiger partial charge in [-0.25, -0.2) is 4.98 Å². The molecule has 6 nitrogen and oxygen atoms in total.